The number of carbonyl (C=O) groups excluding carboxylic acids is 1. The minimum Gasteiger partial charge on any atom is -0.355 e. The topological polar surface area (TPSA) is 32.3 Å². The molecule has 0 unspecified atom stereocenters. The molecule has 0 bridgehead atoms. The van der Waals surface area contributed by atoms with Crippen molar-refractivity contribution in [2.75, 3.05) is 19.6 Å². The molecule has 0 radical (unpaired) electrons. The minimum atomic E-state index is 0.107. The van der Waals surface area contributed by atoms with Crippen LogP contribution in [0.5, 0.6) is 0 Å². The zero-order chi connectivity index (χ0) is 16.8. The second-order valence-corrected chi connectivity index (χ2v) is 7.93. The predicted molar refractivity (Wildman–Crippen MR) is 104 cm³/mol. The fourth-order valence-corrected chi connectivity index (χ4v) is 4.48. The van der Waals surface area contributed by atoms with E-state index in [0.717, 1.165) is 24.5 Å². The van der Waals surface area contributed by atoms with E-state index in [4.69, 9.17) is 0 Å². The summed E-state index contributed by atoms with van der Waals surface area (Å²) >= 11 is 3.49. The summed E-state index contributed by atoms with van der Waals surface area (Å²) in [5, 5.41) is 6.35. The van der Waals surface area contributed by atoms with Crippen molar-refractivity contribution in [2.45, 2.75) is 19.9 Å². The van der Waals surface area contributed by atoms with Crippen LogP contribution in [0.1, 0.15) is 16.7 Å². The van der Waals surface area contributed by atoms with E-state index in [1.165, 1.54) is 15.0 Å². The predicted octanol–water partition coefficient (Wildman–Crippen LogP) is 4.14. The first kappa shape index (κ1) is 17.1. The van der Waals surface area contributed by atoms with E-state index in [1.807, 2.05) is 28.8 Å². The van der Waals surface area contributed by atoms with Gasteiger partial charge in [0, 0.05) is 34.1 Å². The van der Waals surface area contributed by atoms with Gasteiger partial charge in [-0.1, -0.05) is 31.2 Å². The van der Waals surface area contributed by atoms with Gasteiger partial charge in [0.25, 0.3) is 0 Å². The highest BCUT2D eigenvalue weighted by atomic mass is 32.1. The van der Waals surface area contributed by atoms with E-state index >= 15 is 0 Å². The van der Waals surface area contributed by atoms with E-state index in [9.17, 15) is 4.79 Å². The molecule has 126 valence electrons. The number of rotatable bonds is 8. The SMILES string of the molecule is CCN(CCNC(=O)Cc1cccs1)Cc1cc2ccccc2s1. The average molecular weight is 359 g/mol. The Hall–Kier alpha value is -1.69. The van der Waals surface area contributed by atoms with E-state index in [0.29, 0.717) is 13.0 Å². The number of benzene rings is 1. The van der Waals surface area contributed by atoms with Crippen molar-refractivity contribution in [3.05, 3.63) is 57.6 Å². The number of hydrogen-bond donors (Lipinski definition) is 1. The number of likely N-dealkylation sites (N-methyl/N-ethyl adjacent to an activating group) is 1. The van der Waals surface area contributed by atoms with Gasteiger partial charge in [-0.3, -0.25) is 9.69 Å². The standard InChI is InChI=1S/C19H22N2OS2/c1-2-21(10-9-20-19(22)13-16-7-5-11-23-16)14-17-12-15-6-3-4-8-18(15)24-17/h3-8,11-12H,2,9-10,13-14H2,1H3,(H,20,22). The first-order valence-corrected chi connectivity index (χ1v) is 9.93. The number of fused-ring (bicyclic) bond motifs is 1. The number of nitrogens with one attached hydrogen (secondary N) is 1. The fourth-order valence-electron chi connectivity index (χ4n) is 2.67. The maximum atomic E-state index is 11.9. The molecule has 0 saturated carbocycles. The van der Waals surface area contributed by atoms with Gasteiger partial charge in [-0.2, -0.15) is 0 Å². The van der Waals surface area contributed by atoms with E-state index in [2.05, 4.69) is 47.5 Å². The van der Waals surface area contributed by atoms with Crippen LogP contribution in [0, 0.1) is 0 Å². The average Bonchev–Trinajstić information content (AvgIpc) is 3.22. The molecule has 5 heteroatoms. The summed E-state index contributed by atoms with van der Waals surface area (Å²) < 4.78 is 1.34. The summed E-state index contributed by atoms with van der Waals surface area (Å²) in [5.74, 6) is 0.107. The van der Waals surface area contributed by atoms with E-state index < -0.39 is 0 Å². The van der Waals surface area contributed by atoms with Crippen molar-refractivity contribution in [1.29, 1.82) is 0 Å². The van der Waals surface area contributed by atoms with Gasteiger partial charge in [-0.15, -0.1) is 22.7 Å². The summed E-state index contributed by atoms with van der Waals surface area (Å²) in [7, 11) is 0. The van der Waals surface area contributed by atoms with Crippen molar-refractivity contribution in [1.82, 2.24) is 10.2 Å². The molecule has 1 amide bonds. The normalized spacial score (nSPS) is 11.2. The minimum absolute atomic E-state index is 0.107. The first-order chi connectivity index (χ1) is 11.7. The smallest absolute Gasteiger partial charge is 0.225 e. The Labute approximate surface area is 150 Å². The number of hydrogen-bond acceptors (Lipinski definition) is 4. The summed E-state index contributed by atoms with van der Waals surface area (Å²) in [6.45, 7) is 5.66. The lowest BCUT2D eigenvalue weighted by atomic mass is 10.2. The van der Waals surface area contributed by atoms with Gasteiger partial charge in [-0.25, -0.2) is 0 Å². The Kier molecular flexibility index (Phi) is 6.01. The van der Waals surface area contributed by atoms with Crippen LogP contribution in [0.15, 0.2) is 47.8 Å². The molecule has 3 rings (SSSR count). The maximum absolute atomic E-state index is 11.9. The largest absolute Gasteiger partial charge is 0.355 e. The third-order valence-corrected chi connectivity index (χ3v) is 5.95. The first-order valence-electron chi connectivity index (χ1n) is 8.23. The van der Waals surface area contributed by atoms with Crippen molar-refractivity contribution in [2.24, 2.45) is 0 Å². The number of amides is 1. The van der Waals surface area contributed by atoms with Crippen LogP contribution in [0.2, 0.25) is 0 Å². The lowest BCUT2D eigenvalue weighted by Crippen LogP contribution is -2.35. The molecule has 0 fully saturated rings. The molecular weight excluding hydrogens is 336 g/mol. The van der Waals surface area contributed by atoms with Crippen molar-refractivity contribution < 1.29 is 4.79 Å². The molecule has 2 heterocycles. The van der Waals surface area contributed by atoms with E-state index in [1.54, 1.807) is 11.3 Å². The Morgan fingerprint density at radius 3 is 2.79 bits per heavy atom. The molecule has 1 aromatic carbocycles. The van der Waals surface area contributed by atoms with Gasteiger partial charge in [-0.05, 0) is 35.5 Å². The molecule has 0 aliphatic rings. The molecule has 2 aromatic heterocycles. The molecule has 0 saturated heterocycles. The van der Waals surface area contributed by atoms with Crippen LogP contribution in [0.4, 0.5) is 0 Å². The van der Waals surface area contributed by atoms with Gasteiger partial charge in [0.05, 0.1) is 6.42 Å². The second-order valence-electron chi connectivity index (χ2n) is 5.73. The summed E-state index contributed by atoms with van der Waals surface area (Å²) in [6.07, 6.45) is 0.486. The summed E-state index contributed by atoms with van der Waals surface area (Å²) in [4.78, 5) is 16.8. The lowest BCUT2D eigenvalue weighted by molar-refractivity contribution is -0.120. The highest BCUT2D eigenvalue weighted by Crippen LogP contribution is 2.26. The molecule has 3 aromatic rings. The Balaban J connectivity index is 1.47. The van der Waals surface area contributed by atoms with Crippen LogP contribution in [0.25, 0.3) is 10.1 Å². The van der Waals surface area contributed by atoms with Gasteiger partial charge in [0.2, 0.25) is 5.91 Å². The maximum Gasteiger partial charge on any atom is 0.225 e. The van der Waals surface area contributed by atoms with Gasteiger partial charge < -0.3 is 5.32 Å². The Bertz CT molecular complexity index is 747. The molecule has 0 aliphatic carbocycles. The number of thiophene rings is 2. The molecule has 0 atom stereocenters. The van der Waals surface area contributed by atoms with Crippen LogP contribution in [-0.4, -0.2) is 30.4 Å². The van der Waals surface area contributed by atoms with E-state index in [-0.39, 0.29) is 5.91 Å². The van der Waals surface area contributed by atoms with Gasteiger partial charge >= 0.3 is 0 Å². The Morgan fingerprint density at radius 1 is 1.17 bits per heavy atom. The monoisotopic (exact) mass is 358 g/mol. The second kappa shape index (κ2) is 8.42. The molecule has 0 aliphatic heterocycles. The molecule has 0 spiro atoms. The van der Waals surface area contributed by atoms with Crippen molar-refractivity contribution >= 4 is 38.7 Å². The third kappa shape index (κ3) is 4.66. The number of carbonyl (C=O) groups is 1. The van der Waals surface area contributed by atoms with Gasteiger partial charge in [0.1, 0.15) is 0 Å². The highest BCUT2D eigenvalue weighted by Gasteiger charge is 2.08. The molecule has 24 heavy (non-hydrogen) atoms. The molecule has 3 nitrogen and oxygen atoms in total. The van der Waals surface area contributed by atoms with Crippen molar-refractivity contribution in [3.8, 4) is 0 Å². The summed E-state index contributed by atoms with van der Waals surface area (Å²) in [5.41, 5.74) is 0. The lowest BCUT2D eigenvalue weighted by Gasteiger charge is -2.19. The van der Waals surface area contributed by atoms with Gasteiger partial charge in [0.15, 0.2) is 0 Å². The highest BCUT2D eigenvalue weighted by molar-refractivity contribution is 7.19. The Morgan fingerprint density at radius 2 is 2.04 bits per heavy atom. The summed E-state index contributed by atoms with van der Waals surface area (Å²) in [6, 6.07) is 14.8. The fraction of sp³-hybridized carbons (Fsp3) is 0.316. The molecule has 1 N–H and O–H groups in total. The number of nitrogens with zero attached hydrogens (tertiary/aromatic N) is 1. The third-order valence-electron chi connectivity index (χ3n) is 3.97. The van der Waals surface area contributed by atoms with Crippen LogP contribution >= 0.6 is 22.7 Å². The quantitative estimate of drug-likeness (QED) is 0.656. The van der Waals surface area contributed by atoms with Crippen molar-refractivity contribution in [3.63, 3.8) is 0 Å². The zero-order valence-corrected chi connectivity index (χ0v) is 15.5. The van der Waals surface area contributed by atoms with Crippen LogP contribution < -0.4 is 5.32 Å². The van der Waals surface area contributed by atoms with Crippen LogP contribution in [0.3, 0.4) is 0 Å². The molecular formula is C19H22N2OS2. The zero-order valence-electron chi connectivity index (χ0n) is 13.8. The van der Waals surface area contributed by atoms with Crippen LogP contribution in [-0.2, 0) is 17.8 Å².